The molecular weight excluding hydrogens is 401 g/mol. The number of rotatable bonds is 12. The fourth-order valence-electron chi connectivity index (χ4n) is 2.19. The van der Waals surface area contributed by atoms with Crippen LogP contribution in [0, 0.1) is 0 Å². The zero-order valence-electron chi connectivity index (χ0n) is 12.7. The molecule has 0 N–H and O–H groups in total. The summed E-state index contributed by atoms with van der Waals surface area (Å²) in [4.78, 5) is 0. The third kappa shape index (κ3) is 15.2. The monoisotopic (exact) mass is 433 g/mol. The first kappa shape index (κ1) is 21.5. The van der Waals surface area contributed by atoms with Gasteiger partial charge in [0.2, 0.25) is 0 Å². The molecule has 0 aromatic rings. The molecule has 0 fully saturated rings. The van der Waals surface area contributed by atoms with E-state index in [1.165, 1.54) is 75.4 Å². The van der Waals surface area contributed by atoms with Crippen molar-refractivity contribution < 1.29 is 28.5 Å². The standard InChI is InChI=1S/C15H33BrN.HI/c1-4-5-6-7-8-9-10-11-12-14-17(2,3)15-13-16;/h4-15H2,1-3H3;1H/q+1;/p-1. The highest BCUT2D eigenvalue weighted by atomic mass is 127. The highest BCUT2D eigenvalue weighted by molar-refractivity contribution is 9.09. The van der Waals surface area contributed by atoms with Gasteiger partial charge in [0.1, 0.15) is 0 Å². The number of hydrogen-bond donors (Lipinski definition) is 0. The SMILES string of the molecule is CCCCCCCCCCC[N+](C)(C)CCBr.[I-]. The van der Waals surface area contributed by atoms with E-state index >= 15 is 0 Å². The van der Waals surface area contributed by atoms with Gasteiger partial charge < -0.3 is 28.5 Å². The van der Waals surface area contributed by atoms with Crippen LogP contribution in [0.4, 0.5) is 0 Å². The molecule has 0 aliphatic heterocycles. The van der Waals surface area contributed by atoms with Gasteiger partial charge in [0.15, 0.2) is 0 Å². The Kier molecular flexibility index (Phi) is 17.4. The van der Waals surface area contributed by atoms with E-state index in [-0.39, 0.29) is 24.0 Å². The first-order chi connectivity index (χ1) is 8.12. The molecule has 0 heterocycles. The molecule has 0 aromatic heterocycles. The summed E-state index contributed by atoms with van der Waals surface area (Å²) in [6.45, 7) is 4.87. The van der Waals surface area contributed by atoms with Crippen molar-refractivity contribution in [3.8, 4) is 0 Å². The maximum atomic E-state index is 3.53. The summed E-state index contributed by atoms with van der Waals surface area (Å²) in [7, 11) is 4.68. The van der Waals surface area contributed by atoms with Crippen molar-refractivity contribution in [2.45, 2.75) is 64.7 Å². The predicted molar refractivity (Wildman–Crippen MR) is 82.9 cm³/mol. The maximum absolute atomic E-state index is 3.53. The first-order valence-corrected chi connectivity index (χ1v) is 8.62. The number of nitrogens with zero attached hydrogens (tertiary/aromatic N) is 1. The summed E-state index contributed by atoms with van der Waals surface area (Å²) in [5.74, 6) is 0. The van der Waals surface area contributed by atoms with Gasteiger partial charge >= 0.3 is 0 Å². The zero-order valence-corrected chi connectivity index (χ0v) is 16.4. The molecule has 0 bridgehead atoms. The Bertz CT molecular complexity index is 163. The van der Waals surface area contributed by atoms with Crippen molar-refractivity contribution in [3.05, 3.63) is 0 Å². The minimum absolute atomic E-state index is 0. The highest BCUT2D eigenvalue weighted by Gasteiger charge is 2.12. The van der Waals surface area contributed by atoms with E-state index in [0.29, 0.717) is 0 Å². The minimum Gasteiger partial charge on any atom is -1.00 e. The molecule has 0 unspecified atom stereocenters. The molecule has 0 aliphatic rings. The van der Waals surface area contributed by atoms with Crippen LogP contribution in [0.5, 0.6) is 0 Å². The lowest BCUT2D eigenvalue weighted by molar-refractivity contribution is -0.887. The molecule has 0 radical (unpaired) electrons. The minimum atomic E-state index is 0. The fourth-order valence-corrected chi connectivity index (χ4v) is 3.15. The number of halogens is 2. The van der Waals surface area contributed by atoms with Crippen LogP contribution < -0.4 is 24.0 Å². The average Bonchev–Trinajstić information content (AvgIpc) is 2.27. The first-order valence-electron chi connectivity index (χ1n) is 7.50. The van der Waals surface area contributed by atoms with Gasteiger partial charge in [0, 0.05) is 0 Å². The Morgan fingerprint density at radius 1 is 0.722 bits per heavy atom. The van der Waals surface area contributed by atoms with Gasteiger partial charge in [-0.25, -0.2) is 0 Å². The van der Waals surface area contributed by atoms with E-state index in [2.05, 4.69) is 36.9 Å². The van der Waals surface area contributed by atoms with Gasteiger partial charge in [0.25, 0.3) is 0 Å². The van der Waals surface area contributed by atoms with Crippen molar-refractivity contribution in [1.29, 1.82) is 0 Å². The van der Waals surface area contributed by atoms with E-state index in [9.17, 15) is 0 Å². The summed E-state index contributed by atoms with van der Waals surface area (Å²) in [5.41, 5.74) is 0. The van der Waals surface area contributed by atoms with Crippen LogP contribution in [0.2, 0.25) is 0 Å². The summed E-state index contributed by atoms with van der Waals surface area (Å²) in [6, 6.07) is 0. The molecule has 0 aliphatic carbocycles. The van der Waals surface area contributed by atoms with Crippen LogP contribution in [0.3, 0.4) is 0 Å². The number of unbranched alkanes of at least 4 members (excludes halogenated alkanes) is 8. The van der Waals surface area contributed by atoms with Crippen molar-refractivity contribution in [2.24, 2.45) is 0 Å². The number of quaternary nitrogens is 1. The van der Waals surface area contributed by atoms with E-state index in [4.69, 9.17) is 0 Å². The van der Waals surface area contributed by atoms with E-state index in [0.717, 1.165) is 5.33 Å². The Balaban J connectivity index is 0. The Labute approximate surface area is 141 Å². The third-order valence-electron chi connectivity index (χ3n) is 3.56. The predicted octanol–water partition coefficient (Wildman–Crippen LogP) is 1.99. The Morgan fingerprint density at radius 2 is 1.17 bits per heavy atom. The Morgan fingerprint density at radius 3 is 1.61 bits per heavy atom. The van der Waals surface area contributed by atoms with Gasteiger partial charge in [-0.05, 0) is 12.8 Å². The van der Waals surface area contributed by atoms with Crippen LogP contribution in [-0.4, -0.2) is 37.0 Å². The molecule has 1 nitrogen and oxygen atoms in total. The molecule has 0 saturated carbocycles. The smallest absolute Gasteiger partial charge is 0.0880 e. The molecule has 0 aromatic carbocycles. The number of alkyl halides is 1. The lowest BCUT2D eigenvalue weighted by Gasteiger charge is -2.29. The second kappa shape index (κ2) is 14.6. The summed E-state index contributed by atoms with van der Waals surface area (Å²) in [6.07, 6.45) is 12.9. The van der Waals surface area contributed by atoms with E-state index in [1.54, 1.807) is 0 Å². The lowest BCUT2D eigenvalue weighted by Crippen LogP contribution is -3.00. The number of hydrogen-bond acceptors (Lipinski definition) is 0. The van der Waals surface area contributed by atoms with Crippen LogP contribution >= 0.6 is 15.9 Å². The molecule has 0 amide bonds. The molecule has 0 rings (SSSR count). The van der Waals surface area contributed by atoms with Gasteiger partial charge in [0.05, 0.1) is 32.5 Å². The van der Waals surface area contributed by atoms with Crippen LogP contribution in [0.15, 0.2) is 0 Å². The Hall–Kier alpha value is 1.17. The molecular formula is C15H33BrIN. The second-order valence-corrected chi connectivity index (χ2v) is 6.69. The zero-order chi connectivity index (χ0) is 13.0. The topological polar surface area (TPSA) is 0 Å². The van der Waals surface area contributed by atoms with Gasteiger partial charge in [-0.1, -0.05) is 67.8 Å². The van der Waals surface area contributed by atoms with Gasteiger partial charge in [-0.3, -0.25) is 0 Å². The quantitative estimate of drug-likeness (QED) is 0.191. The van der Waals surface area contributed by atoms with Gasteiger partial charge in [-0.2, -0.15) is 0 Å². The van der Waals surface area contributed by atoms with Crippen molar-refractivity contribution in [2.75, 3.05) is 32.5 Å². The molecule has 0 saturated heterocycles. The highest BCUT2D eigenvalue weighted by Crippen LogP contribution is 2.11. The van der Waals surface area contributed by atoms with Crippen LogP contribution in [-0.2, 0) is 0 Å². The normalized spacial score (nSPS) is 11.3. The molecule has 0 atom stereocenters. The third-order valence-corrected chi connectivity index (χ3v) is 3.91. The second-order valence-electron chi connectivity index (χ2n) is 5.90. The van der Waals surface area contributed by atoms with Crippen LogP contribution in [0.25, 0.3) is 0 Å². The van der Waals surface area contributed by atoms with E-state index in [1.807, 2.05) is 0 Å². The summed E-state index contributed by atoms with van der Waals surface area (Å²) in [5, 5.41) is 1.12. The molecule has 0 spiro atoms. The fraction of sp³-hybridized carbons (Fsp3) is 1.00. The molecule has 3 heteroatoms. The van der Waals surface area contributed by atoms with E-state index < -0.39 is 0 Å². The largest absolute Gasteiger partial charge is 1.00 e. The summed E-state index contributed by atoms with van der Waals surface area (Å²) >= 11 is 3.53. The molecule has 18 heavy (non-hydrogen) atoms. The van der Waals surface area contributed by atoms with Crippen molar-refractivity contribution in [1.82, 2.24) is 0 Å². The maximum Gasteiger partial charge on any atom is 0.0880 e. The molecule has 112 valence electrons. The summed E-state index contributed by atoms with van der Waals surface area (Å²) < 4.78 is 1.17. The average molecular weight is 434 g/mol. The van der Waals surface area contributed by atoms with Crippen LogP contribution in [0.1, 0.15) is 64.7 Å². The van der Waals surface area contributed by atoms with Gasteiger partial charge in [-0.15, -0.1) is 0 Å². The van der Waals surface area contributed by atoms with Crippen molar-refractivity contribution >= 4 is 15.9 Å². The van der Waals surface area contributed by atoms with Crippen molar-refractivity contribution in [3.63, 3.8) is 0 Å². The lowest BCUT2D eigenvalue weighted by atomic mass is 10.1.